The number of carbonyl (C=O) groups excluding carboxylic acids is 2. The number of benzene rings is 2. The van der Waals surface area contributed by atoms with Crippen LogP contribution in [0.25, 0.3) is 0 Å². The van der Waals surface area contributed by atoms with Crippen LogP contribution in [-0.2, 0) is 9.59 Å². The zero-order chi connectivity index (χ0) is 19.4. The molecule has 0 bridgehead atoms. The Labute approximate surface area is 159 Å². The molecule has 3 rings (SSSR count). The minimum Gasteiger partial charge on any atom is -0.493 e. The van der Waals surface area contributed by atoms with E-state index < -0.39 is 5.41 Å². The predicted octanol–water partition coefficient (Wildman–Crippen LogP) is 3.48. The van der Waals surface area contributed by atoms with Crippen molar-refractivity contribution in [2.75, 3.05) is 31.0 Å². The van der Waals surface area contributed by atoms with E-state index in [1.165, 1.54) is 7.11 Å². The molecule has 0 aliphatic heterocycles. The summed E-state index contributed by atoms with van der Waals surface area (Å²) in [6.07, 6.45) is 1.10. The van der Waals surface area contributed by atoms with E-state index in [9.17, 15) is 9.59 Å². The maximum atomic E-state index is 13.1. The third-order valence-corrected chi connectivity index (χ3v) is 4.86. The predicted molar refractivity (Wildman–Crippen MR) is 104 cm³/mol. The molecule has 0 aromatic heterocycles. The number of methoxy groups -OCH3 is 2. The van der Waals surface area contributed by atoms with Gasteiger partial charge >= 0.3 is 0 Å². The second-order valence-electron chi connectivity index (χ2n) is 6.49. The average Bonchev–Trinajstić information content (AvgIpc) is 3.51. The van der Waals surface area contributed by atoms with Gasteiger partial charge < -0.3 is 19.7 Å². The number of anilines is 2. The normalized spacial score (nSPS) is 14.2. The van der Waals surface area contributed by atoms with Crippen LogP contribution in [0.1, 0.15) is 19.8 Å². The summed E-state index contributed by atoms with van der Waals surface area (Å²) < 4.78 is 10.5. The standard InChI is InChI=1S/C21H24N2O4/c1-4-23(16-8-6-5-7-9-16)20(25)21(12-13-21)19(24)22-15-10-11-17(26-2)18(14-15)27-3/h5-11,14H,4,12-13H2,1-3H3,(H,22,24). The highest BCUT2D eigenvalue weighted by Gasteiger charge is 2.58. The molecule has 2 aromatic rings. The van der Waals surface area contributed by atoms with Crippen molar-refractivity contribution in [1.29, 1.82) is 0 Å². The number of amides is 2. The zero-order valence-electron chi connectivity index (χ0n) is 15.8. The molecule has 1 aliphatic rings. The lowest BCUT2D eigenvalue weighted by Gasteiger charge is -2.26. The topological polar surface area (TPSA) is 67.9 Å². The van der Waals surface area contributed by atoms with Crippen LogP contribution in [0, 0.1) is 5.41 Å². The second kappa shape index (κ2) is 7.70. The van der Waals surface area contributed by atoms with Gasteiger partial charge in [-0.05, 0) is 44.0 Å². The molecular formula is C21H24N2O4. The summed E-state index contributed by atoms with van der Waals surface area (Å²) in [5.41, 5.74) is 0.369. The highest BCUT2D eigenvalue weighted by molar-refractivity contribution is 6.17. The molecular weight excluding hydrogens is 344 g/mol. The molecule has 1 N–H and O–H groups in total. The van der Waals surface area contributed by atoms with Gasteiger partial charge in [0.15, 0.2) is 11.5 Å². The van der Waals surface area contributed by atoms with Crippen LogP contribution in [0.15, 0.2) is 48.5 Å². The molecule has 1 saturated carbocycles. The molecule has 0 saturated heterocycles. The van der Waals surface area contributed by atoms with E-state index in [0.29, 0.717) is 36.6 Å². The lowest BCUT2D eigenvalue weighted by molar-refractivity contribution is -0.132. The van der Waals surface area contributed by atoms with Crippen LogP contribution in [0.5, 0.6) is 11.5 Å². The Balaban J connectivity index is 1.79. The molecule has 0 heterocycles. The van der Waals surface area contributed by atoms with Crippen LogP contribution in [0.3, 0.4) is 0 Å². The van der Waals surface area contributed by atoms with E-state index in [1.54, 1.807) is 30.2 Å². The summed E-state index contributed by atoms with van der Waals surface area (Å²) in [7, 11) is 3.09. The zero-order valence-corrected chi connectivity index (χ0v) is 15.8. The Hall–Kier alpha value is -3.02. The Morgan fingerprint density at radius 3 is 2.26 bits per heavy atom. The summed E-state index contributed by atoms with van der Waals surface area (Å²) >= 11 is 0. The van der Waals surface area contributed by atoms with E-state index in [1.807, 2.05) is 37.3 Å². The van der Waals surface area contributed by atoms with Gasteiger partial charge in [0.05, 0.1) is 14.2 Å². The van der Waals surface area contributed by atoms with Crippen LogP contribution in [-0.4, -0.2) is 32.6 Å². The van der Waals surface area contributed by atoms with Gasteiger partial charge in [-0.15, -0.1) is 0 Å². The summed E-state index contributed by atoms with van der Waals surface area (Å²) in [6.45, 7) is 2.42. The van der Waals surface area contributed by atoms with Crippen molar-refractivity contribution in [2.45, 2.75) is 19.8 Å². The van der Waals surface area contributed by atoms with Gasteiger partial charge in [0, 0.05) is 24.0 Å². The molecule has 0 unspecified atom stereocenters. The number of hydrogen-bond acceptors (Lipinski definition) is 4. The van der Waals surface area contributed by atoms with E-state index in [4.69, 9.17) is 9.47 Å². The average molecular weight is 368 g/mol. The SMILES string of the molecule is CCN(C(=O)C1(C(=O)Nc2ccc(OC)c(OC)c2)CC1)c1ccccc1. The second-order valence-corrected chi connectivity index (χ2v) is 6.49. The number of nitrogens with one attached hydrogen (secondary N) is 1. The van der Waals surface area contributed by atoms with Crippen LogP contribution in [0.2, 0.25) is 0 Å². The first-order valence-corrected chi connectivity index (χ1v) is 8.96. The van der Waals surface area contributed by atoms with Gasteiger partial charge in [0.2, 0.25) is 11.8 Å². The fraction of sp³-hybridized carbons (Fsp3) is 0.333. The van der Waals surface area contributed by atoms with E-state index in [0.717, 1.165) is 5.69 Å². The molecule has 142 valence electrons. The van der Waals surface area contributed by atoms with Gasteiger partial charge in [-0.2, -0.15) is 0 Å². The minimum absolute atomic E-state index is 0.158. The molecule has 0 radical (unpaired) electrons. The maximum absolute atomic E-state index is 13.1. The Morgan fingerprint density at radius 1 is 1.04 bits per heavy atom. The monoisotopic (exact) mass is 368 g/mol. The third kappa shape index (κ3) is 3.60. The number of hydrogen-bond donors (Lipinski definition) is 1. The largest absolute Gasteiger partial charge is 0.493 e. The lowest BCUT2D eigenvalue weighted by Crippen LogP contribution is -2.43. The molecule has 2 amide bonds. The third-order valence-electron chi connectivity index (χ3n) is 4.86. The summed E-state index contributed by atoms with van der Waals surface area (Å²) in [6, 6.07) is 14.6. The van der Waals surface area contributed by atoms with Gasteiger partial charge in [-0.3, -0.25) is 9.59 Å². The number of rotatable bonds is 7. The van der Waals surface area contributed by atoms with Crippen molar-refractivity contribution in [3.63, 3.8) is 0 Å². The van der Waals surface area contributed by atoms with Crippen molar-refractivity contribution in [3.8, 4) is 11.5 Å². The number of carbonyl (C=O) groups is 2. The van der Waals surface area contributed by atoms with Crippen molar-refractivity contribution in [1.82, 2.24) is 0 Å². The van der Waals surface area contributed by atoms with E-state index in [2.05, 4.69) is 5.32 Å². The smallest absolute Gasteiger partial charge is 0.242 e. The fourth-order valence-electron chi connectivity index (χ4n) is 3.14. The Kier molecular flexibility index (Phi) is 5.35. The van der Waals surface area contributed by atoms with Crippen molar-refractivity contribution in [2.24, 2.45) is 5.41 Å². The number of ether oxygens (including phenoxy) is 2. The summed E-state index contributed by atoms with van der Waals surface area (Å²) in [5.74, 6) is 0.656. The number of nitrogens with zero attached hydrogens (tertiary/aromatic N) is 1. The van der Waals surface area contributed by atoms with E-state index in [-0.39, 0.29) is 11.8 Å². The maximum Gasteiger partial charge on any atom is 0.242 e. The van der Waals surface area contributed by atoms with Crippen LogP contribution >= 0.6 is 0 Å². The summed E-state index contributed by atoms with van der Waals surface area (Å²) in [4.78, 5) is 27.7. The minimum atomic E-state index is -1.00. The Bertz CT molecular complexity index is 831. The van der Waals surface area contributed by atoms with Crippen molar-refractivity contribution >= 4 is 23.2 Å². The van der Waals surface area contributed by atoms with Crippen molar-refractivity contribution in [3.05, 3.63) is 48.5 Å². The lowest BCUT2D eigenvalue weighted by atomic mass is 10.0. The molecule has 0 atom stereocenters. The van der Waals surface area contributed by atoms with Gasteiger partial charge in [0.1, 0.15) is 5.41 Å². The molecule has 2 aromatic carbocycles. The molecule has 6 nitrogen and oxygen atoms in total. The molecule has 1 aliphatic carbocycles. The summed E-state index contributed by atoms with van der Waals surface area (Å²) in [5, 5.41) is 2.86. The first kappa shape index (κ1) is 18.8. The molecule has 6 heteroatoms. The van der Waals surface area contributed by atoms with Crippen LogP contribution < -0.4 is 19.7 Å². The highest BCUT2D eigenvalue weighted by Crippen LogP contribution is 2.49. The highest BCUT2D eigenvalue weighted by atomic mass is 16.5. The molecule has 0 spiro atoms. The number of para-hydroxylation sites is 1. The molecule has 27 heavy (non-hydrogen) atoms. The first-order chi connectivity index (χ1) is 13.1. The van der Waals surface area contributed by atoms with Gasteiger partial charge in [-0.1, -0.05) is 18.2 Å². The van der Waals surface area contributed by atoms with Crippen molar-refractivity contribution < 1.29 is 19.1 Å². The van der Waals surface area contributed by atoms with E-state index >= 15 is 0 Å². The first-order valence-electron chi connectivity index (χ1n) is 8.96. The molecule has 1 fully saturated rings. The van der Waals surface area contributed by atoms with Crippen LogP contribution in [0.4, 0.5) is 11.4 Å². The Morgan fingerprint density at radius 2 is 1.70 bits per heavy atom. The van der Waals surface area contributed by atoms with Gasteiger partial charge in [-0.25, -0.2) is 0 Å². The van der Waals surface area contributed by atoms with Gasteiger partial charge in [0.25, 0.3) is 0 Å². The quantitative estimate of drug-likeness (QED) is 0.760. The fourth-order valence-corrected chi connectivity index (χ4v) is 3.14.